The highest BCUT2D eigenvalue weighted by Gasteiger charge is 2.22. The van der Waals surface area contributed by atoms with E-state index in [2.05, 4.69) is 4.98 Å². The van der Waals surface area contributed by atoms with Gasteiger partial charge in [0.15, 0.2) is 6.10 Å². The van der Waals surface area contributed by atoms with Crippen molar-refractivity contribution in [2.24, 2.45) is 0 Å². The first-order valence-electron chi connectivity index (χ1n) is 3.76. The van der Waals surface area contributed by atoms with Crippen LogP contribution in [0.4, 0.5) is 0 Å². The fraction of sp³-hybridized carbons (Fsp3) is 0.500. The standard InChI is InChI=1S/C8H10N2O2S/c1-4-8(13-5(2)10-4)7(12)6(11)3-9/h6-7,11-12H,1-2H3. The summed E-state index contributed by atoms with van der Waals surface area (Å²) in [5.41, 5.74) is 0.671. The number of nitriles is 1. The average molecular weight is 198 g/mol. The van der Waals surface area contributed by atoms with Crippen LogP contribution in [0.25, 0.3) is 0 Å². The highest BCUT2D eigenvalue weighted by Crippen LogP contribution is 2.26. The molecule has 70 valence electrons. The summed E-state index contributed by atoms with van der Waals surface area (Å²) in [6, 6.07) is 1.58. The van der Waals surface area contributed by atoms with E-state index in [1.807, 2.05) is 6.92 Å². The minimum atomic E-state index is -1.38. The van der Waals surface area contributed by atoms with E-state index in [1.54, 1.807) is 13.0 Å². The molecule has 2 N–H and O–H groups in total. The van der Waals surface area contributed by atoms with Crippen molar-refractivity contribution < 1.29 is 10.2 Å². The fourth-order valence-corrected chi connectivity index (χ4v) is 1.98. The Morgan fingerprint density at radius 1 is 1.46 bits per heavy atom. The number of nitrogens with zero attached hydrogens (tertiary/aromatic N) is 2. The molecule has 1 aromatic heterocycles. The molecule has 2 unspecified atom stereocenters. The lowest BCUT2D eigenvalue weighted by molar-refractivity contribution is 0.0547. The van der Waals surface area contributed by atoms with Gasteiger partial charge in [0.25, 0.3) is 0 Å². The topological polar surface area (TPSA) is 77.1 Å². The number of aromatic nitrogens is 1. The molecule has 0 saturated heterocycles. The first kappa shape index (κ1) is 10.1. The molecule has 4 nitrogen and oxygen atoms in total. The highest BCUT2D eigenvalue weighted by atomic mass is 32.1. The van der Waals surface area contributed by atoms with Gasteiger partial charge in [0.1, 0.15) is 6.10 Å². The molecule has 1 heterocycles. The van der Waals surface area contributed by atoms with E-state index in [4.69, 9.17) is 10.4 Å². The van der Waals surface area contributed by atoms with Crippen LogP contribution in [0.1, 0.15) is 21.7 Å². The Bertz CT molecular complexity index is 342. The quantitative estimate of drug-likeness (QED) is 0.685. The summed E-state index contributed by atoms with van der Waals surface area (Å²) in [5, 5.41) is 27.8. The average Bonchev–Trinajstić information content (AvgIpc) is 2.42. The van der Waals surface area contributed by atoms with Crippen molar-refractivity contribution in [3.63, 3.8) is 0 Å². The second-order valence-electron chi connectivity index (χ2n) is 2.70. The van der Waals surface area contributed by atoms with Gasteiger partial charge in [-0.05, 0) is 13.8 Å². The third kappa shape index (κ3) is 2.04. The zero-order valence-corrected chi connectivity index (χ0v) is 8.17. The lowest BCUT2D eigenvalue weighted by atomic mass is 10.2. The minimum Gasteiger partial charge on any atom is -0.384 e. The van der Waals surface area contributed by atoms with E-state index in [0.29, 0.717) is 10.6 Å². The Labute approximate surface area is 80.1 Å². The number of aryl methyl sites for hydroxylation is 2. The van der Waals surface area contributed by atoms with Crippen molar-refractivity contribution in [2.75, 3.05) is 0 Å². The number of aliphatic hydroxyl groups is 2. The molecule has 0 aliphatic heterocycles. The molecule has 2 atom stereocenters. The van der Waals surface area contributed by atoms with Gasteiger partial charge in [-0.3, -0.25) is 0 Å². The van der Waals surface area contributed by atoms with Crippen LogP contribution in [0.3, 0.4) is 0 Å². The van der Waals surface area contributed by atoms with Crippen LogP contribution < -0.4 is 0 Å². The molecule has 0 radical (unpaired) electrons. The highest BCUT2D eigenvalue weighted by molar-refractivity contribution is 7.11. The van der Waals surface area contributed by atoms with Gasteiger partial charge in [0, 0.05) is 0 Å². The smallest absolute Gasteiger partial charge is 0.171 e. The van der Waals surface area contributed by atoms with Crippen LogP contribution >= 0.6 is 11.3 Å². The van der Waals surface area contributed by atoms with Gasteiger partial charge in [-0.15, -0.1) is 11.3 Å². The van der Waals surface area contributed by atoms with E-state index < -0.39 is 12.2 Å². The second-order valence-corrected chi connectivity index (χ2v) is 3.94. The Balaban J connectivity index is 2.95. The molecule has 5 heteroatoms. The number of hydrogen-bond donors (Lipinski definition) is 2. The van der Waals surface area contributed by atoms with Crippen molar-refractivity contribution in [3.8, 4) is 6.07 Å². The largest absolute Gasteiger partial charge is 0.384 e. The Morgan fingerprint density at radius 3 is 2.46 bits per heavy atom. The zero-order chi connectivity index (χ0) is 10.0. The lowest BCUT2D eigenvalue weighted by Crippen LogP contribution is -2.15. The zero-order valence-electron chi connectivity index (χ0n) is 7.35. The van der Waals surface area contributed by atoms with Crippen LogP contribution in [-0.4, -0.2) is 21.3 Å². The van der Waals surface area contributed by atoms with Crippen molar-refractivity contribution in [1.82, 2.24) is 4.98 Å². The SMILES string of the molecule is Cc1nc(C)c(C(O)C(O)C#N)s1. The van der Waals surface area contributed by atoms with Crippen LogP contribution in [0.2, 0.25) is 0 Å². The molecule has 0 aliphatic rings. The van der Waals surface area contributed by atoms with E-state index >= 15 is 0 Å². The van der Waals surface area contributed by atoms with Gasteiger partial charge in [0.2, 0.25) is 0 Å². The Morgan fingerprint density at radius 2 is 2.08 bits per heavy atom. The third-order valence-electron chi connectivity index (χ3n) is 1.64. The van der Waals surface area contributed by atoms with Crippen molar-refractivity contribution in [3.05, 3.63) is 15.6 Å². The monoisotopic (exact) mass is 198 g/mol. The maximum atomic E-state index is 9.48. The molecule has 0 spiro atoms. The van der Waals surface area contributed by atoms with Gasteiger partial charge in [-0.25, -0.2) is 4.98 Å². The van der Waals surface area contributed by atoms with Crippen LogP contribution in [0.5, 0.6) is 0 Å². The lowest BCUT2D eigenvalue weighted by Gasteiger charge is -2.09. The Hall–Kier alpha value is -0.960. The summed E-state index contributed by atoms with van der Waals surface area (Å²) in [6.45, 7) is 3.55. The summed E-state index contributed by atoms with van der Waals surface area (Å²) < 4.78 is 0. The van der Waals surface area contributed by atoms with Crippen molar-refractivity contribution >= 4 is 11.3 Å². The molecule has 0 saturated carbocycles. The predicted molar refractivity (Wildman–Crippen MR) is 48.2 cm³/mol. The van der Waals surface area contributed by atoms with Crippen molar-refractivity contribution in [2.45, 2.75) is 26.1 Å². The van der Waals surface area contributed by atoms with E-state index in [1.165, 1.54) is 11.3 Å². The molecular formula is C8H10N2O2S. The van der Waals surface area contributed by atoms with E-state index in [0.717, 1.165) is 5.01 Å². The number of thiazole rings is 1. The predicted octanol–water partition coefficient (Wildman–Crippen LogP) is 0.678. The molecule has 1 aromatic rings. The van der Waals surface area contributed by atoms with Gasteiger partial charge >= 0.3 is 0 Å². The molecule has 13 heavy (non-hydrogen) atoms. The maximum absolute atomic E-state index is 9.48. The number of aliphatic hydroxyl groups excluding tert-OH is 2. The minimum absolute atomic E-state index is 0.562. The first-order chi connectivity index (χ1) is 6.06. The molecule has 0 amide bonds. The Kier molecular flexibility index (Phi) is 2.98. The van der Waals surface area contributed by atoms with Crippen molar-refractivity contribution in [1.29, 1.82) is 5.26 Å². The summed E-state index contributed by atoms with van der Waals surface area (Å²) in [7, 11) is 0. The normalized spacial score (nSPS) is 15.0. The molecule has 0 aliphatic carbocycles. The first-order valence-corrected chi connectivity index (χ1v) is 4.57. The summed E-state index contributed by atoms with van der Waals surface area (Å²) >= 11 is 1.29. The maximum Gasteiger partial charge on any atom is 0.171 e. The summed E-state index contributed by atoms with van der Waals surface area (Å²) in [4.78, 5) is 4.65. The van der Waals surface area contributed by atoms with E-state index in [-0.39, 0.29) is 0 Å². The van der Waals surface area contributed by atoms with E-state index in [9.17, 15) is 5.11 Å². The van der Waals surface area contributed by atoms with Crippen LogP contribution in [0.15, 0.2) is 0 Å². The second kappa shape index (κ2) is 3.83. The van der Waals surface area contributed by atoms with Gasteiger partial charge in [0.05, 0.1) is 21.6 Å². The summed E-state index contributed by atoms with van der Waals surface area (Å²) in [5.74, 6) is 0. The third-order valence-corrected chi connectivity index (χ3v) is 2.78. The number of rotatable bonds is 2. The van der Waals surface area contributed by atoms with Crippen LogP contribution in [-0.2, 0) is 0 Å². The van der Waals surface area contributed by atoms with Crippen LogP contribution in [0, 0.1) is 25.2 Å². The molecular weight excluding hydrogens is 188 g/mol. The fourth-order valence-electron chi connectivity index (χ4n) is 1.04. The molecule has 0 fully saturated rings. The van der Waals surface area contributed by atoms with Gasteiger partial charge < -0.3 is 10.2 Å². The molecule has 0 aromatic carbocycles. The summed E-state index contributed by atoms with van der Waals surface area (Å²) in [6.07, 6.45) is -2.52. The molecule has 1 rings (SSSR count). The van der Waals surface area contributed by atoms with Gasteiger partial charge in [-0.2, -0.15) is 5.26 Å². The van der Waals surface area contributed by atoms with Gasteiger partial charge in [-0.1, -0.05) is 0 Å². The molecule has 0 bridgehead atoms. The number of hydrogen-bond acceptors (Lipinski definition) is 5.